The lowest BCUT2D eigenvalue weighted by Crippen LogP contribution is -2.40. The van der Waals surface area contributed by atoms with E-state index in [0.29, 0.717) is 0 Å². The second-order valence-electron chi connectivity index (χ2n) is 3.69. The Morgan fingerprint density at radius 3 is 3.08 bits per heavy atom. The molecular weight excluding hydrogens is 164 g/mol. The zero-order valence-corrected chi connectivity index (χ0v) is 8.44. The van der Waals surface area contributed by atoms with Gasteiger partial charge in [0.15, 0.2) is 0 Å². The highest BCUT2D eigenvalue weighted by Crippen LogP contribution is 2.09. The van der Waals surface area contributed by atoms with Crippen LogP contribution in [0.2, 0.25) is 0 Å². The van der Waals surface area contributed by atoms with Gasteiger partial charge in [0.2, 0.25) is 5.91 Å². The summed E-state index contributed by atoms with van der Waals surface area (Å²) in [4.78, 5) is 11.5. The van der Waals surface area contributed by atoms with Gasteiger partial charge in [-0.15, -0.1) is 0 Å². The minimum atomic E-state index is 0.214. The van der Waals surface area contributed by atoms with Gasteiger partial charge >= 0.3 is 0 Å². The third kappa shape index (κ3) is 3.77. The Labute approximate surface area is 80.3 Å². The average Bonchev–Trinajstić information content (AvgIpc) is 2.19. The summed E-state index contributed by atoms with van der Waals surface area (Å²) in [6, 6.07) is 0. The summed E-state index contributed by atoms with van der Waals surface area (Å²) < 4.78 is 0. The van der Waals surface area contributed by atoms with E-state index in [9.17, 15) is 4.79 Å². The number of unbranched alkanes of at least 4 members (excludes halogenated alkanes) is 1. The molecule has 1 aliphatic heterocycles. The van der Waals surface area contributed by atoms with Crippen LogP contribution in [0.25, 0.3) is 0 Å². The zero-order chi connectivity index (χ0) is 9.52. The third-order valence-electron chi connectivity index (χ3n) is 2.50. The molecule has 0 aromatic heterocycles. The molecule has 1 aliphatic rings. The van der Waals surface area contributed by atoms with Crippen molar-refractivity contribution in [2.24, 2.45) is 5.92 Å². The number of carbonyl (C=O) groups is 1. The molecule has 0 aromatic carbocycles. The van der Waals surface area contributed by atoms with Crippen LogP contribution in [0.1, 0.15) is 32.6 Å². The second kappa shape index (κ2) is 5.97. The standard InChI is InChI=1S/C10H20N2O/c1-2-3-7-12-10(13)9-5-4-6-11-8-9/h9,11H,2-8H2,1H3,(H,12,13). The minimum Gasteiger partial charge on any atom is -0.356 e. The van der Waals surface area contributed by atoms with E-state index < -0.39 is 0 Å². The van der Waals surface area contributed by atoms with Crippen LogP contribution < -0.4 is 10.6 Å². The first-order valence-corrected chi connectivity index (χ1v) is 5.33. The Kier molecular flexibility index (Phi) is 4.83. The van der Waals surface area contributed by atoms with Crippen LogP contribution in [0.4, 0.5) is 0 Å². The van der Waals surface area contributed by atoms with Crippen LogP contribution in [0.3, 0.4) is 0 Å². The van der Waals surface area contributed by atoms with E-state index >= 15 is 0 Å². The van der Waals surface area contributed by atoms with Crippen molar-refractivity contribution >= 4 is 5.91 Å². The molecule has 2 N–H and O–H groups in total. The van der Waals surface area contributed by atoms with Crippen LogP contribution in [-0.4, -0.2) is 25.5 Å². The van der Waals surface area contributed by atoms with Gasteiger partial charge < -0.3 is 10.6 Å². The fourth-order valence-electron chi connectivity index (χ4n) is 1.61. The monoisotopic (exact) mass is 184 g/mol. The summed E-state index contributed by atoms with van der Waals surface area (Å²) in [5.74, 6) is 0.450. The number of carbonyl (C=O) groups excluding carboxylic acids is 1. The quantitative estimate of drug-likeness (QED) is 0.637. The highest BCUT2D eigenvalue weighted by atomic mass is 16.1. The molecule has 0 aliphatic carbocycles. The van der Waals surface area contributed by atoms with E-state index in [1.54, 1.807) is 0 Å². The SMILES string of the molecule is CCCCNC(=O)C1CCCNC1. The van der Waals surface area contributed by atoms with Crippen molar-refractivity contribution in [3.63, 3.8) is 0 Å². The molecule has 1 unspecified atom stereocenters. The number of piperidine rings is 1. The molecule has 1 heterocycles. The molecule has 13 heavy (non-hydrogen) atoms. The van der Waals surface area contributed by atoms with Gasteiger partial charge in [0.25, 0.3) is 0 Å². The first-order chi connectivity index (χ1) is 6.34. The Morgan fingerprint density at radius 1 is 1.62 bits per heavy atom. The molecule has 1 atom stereocenters. The van der Waals surface area contributed by atoms with Crippen molar-refractivity contribution in [1.82, 2.24) is 10.6 Å². The maximum Gasteiger partial charge on any atom is 0.224 e. The molecule has 0 aromatic rings. The molecular formula is C10H20N2O. The van der Waals surface area contributed by atoms with Crippen LogP contribution in [0, 0.1) is 5.92 Å². The number of hydrogen-bond donors (Lipinski definition) is 2. The fourth-order valence-corrected chi connectivity index (χ4v) is 1.61. The summed E-state index contributed by atoms with van der Waals surface area (Å²) in [7, 11) is 0. The number of amides is 1. The lowest BCUT2D eigenvalue weighted by atomic mass is 9.99. The van der Waals surface area contributed by atoms with Crippen molar-refractivity contribution in [1.29, 1.82) is 0 Å². The van der Waals surface area contributed by atoms with Crippen LogP contribution in [-0.2, 0) is 4.79 Å². The molecule has 1 amide bonds. The first kappa shape index (κ1) is 10.5. The maximum absolute atomic E-state index is 11.5. The maximum atomic E-state index is 11.5. The molecule has 0 spiro atoms. The molecule has 1 saturated heterocycles. The molecule has 0 bridgehead atoms. The molecule has 1 fully saturated rings. The second-order valence-corrected chi connectivity index (χ2v) is 3.69. The van der Waals surface area contributed by atoms with Gasteiger partial charge in [-0.1, -0.05) is 13.3 Å². The lowest BCUT2D eigenvalue weighted by molar-refractivity contribution is -0.125. The summed E-state index contributed by atoms with van der Waals surface area (Å²) >= 11 is 0. The van der Waals surface area contributed by atoms with Gasteiger partial charge in [-0.05, 0) is 25.8 Å². The summed E-state index contributed by atoms with van der Waals surface area (Å²) in [5, 5.41) is 6.22. The van der Waals surface area contributed by atoms with Crippen molar-refractivity contribution in [3.8, 4) is 0 Å². The summed E-state index contributed by atoms with van der Waals surface area (Å²) in [5.41, 5.74) is 0. The van der Waals surface area contributed by atoms with Crippen molar-refractivity contribution in [2.75, 3.05) is 19.6 Å². The molecule has 0 saturated carbocycles. The minimum absolute atomic E-state index is 0.214. The van der Waals surface area contributed by atoms with Crippen LogP contribution in [0.15, 0.2) is 0 Å². The Hall–Kier alpha value is -0.570. The van der Waals surface area contributed by atoms with Gasteiger partial charge in [0, 0.05) is 13.1 Å². The Morgan fingerprint density at radius 2 is 2.46 bits per heavy atom. The normalized spacial score (nSPS) is 22.7. The smallest absolute Gasteiger partial charge is 0.224 e. The average molecular weight is 184 g/mol. The van der Waals surface area contributed by atoms with Gasteiger partial charge in [0.05, 0.1) is 5.92 Å². The van der Waals surface area contributed by atoms with Crippen molar-refractivity contribution in [2.45, 2.75) is 32.6 Å². The molecule has 3 nitrogen and oxygen atoms in total. The number of nitrogens with one attached hydrogen (secondary N) is 2. The van der Waals surface area contributed by atoms with E-state index in [-0.39, 0.29) is 11.8 Å². The summed E-state index contributed by atoms with van der Waals surface area (Å²) in [6.45, 7) is 4.90. The predicted molar refractivity (Wildman–Crippen MR) is 53.5 cm³/mol. The predicted octanol–water partition coefficient (Wildman–Crippen LogP) is 0.902. The molecule has 1 rings (SSSR count). The van der Waals surface area contributed by atoms with E-state index in [4.69, 9.17) is 0 Å². The fraction of sp³-hybridized carbons (Fsp3) is 0.900. The highest BCUT2D eigenvalue weighted by molar-refractivity contribution is 5.78. The molecule has 0 radical (unpaired) electrons. The van der Waals surface area contributed by atoms with Gasteiger partial charge in [-0.2, -0.15) is 0 Å². The van der Waals surface area contributed by atoms with E-state index in [0.717, 1.165) is 45.3 Å². The molecule has 76 valence electrons. The third-order valence-corrected chi connectivity index (χ3v) is 2.50. The first-order valence-electron chi connectivity index (χ1n) is 5.33. The van der Waals surface area contributed by atoms with Crippen LogP contribution >= 0.6 is 0 Å². The number of hydrogen-bond acceptors (Lipinski definition) is 2. The molecule has 3 heteroatoms. The van der Waals surface area contributed by atoms with E-state index in [2.05, 4.69) is 17.6 Å². The van der Waals surface area contributed by atoms with Gasteiger partial charge in [-0.3, -0.25) is 4.79 Å². The van der Waals surface area contributed by atoms with E-state index in [1.807, 2.05) is 0 Å². The van der Waals surface area contributed by atoms with Crippen molar-refractivity contribution in [3.05, 3.63) is 0 Å². The Balaban J connectivity index is 2.13. The topological polar surface area (TPSA) is 41.1 Å². The zero-order valence-electron chi connectivity index (χ0n) is 8.44. The van der Waals surface area contributed by atoms with Crippen molar-refractivity contribution < 1.29 is 4.79 Å². The summed E-state index contributed by atoms with van der Waals surface area (Å²) in [6.07, 6.45) is 4.41. The highest BCUT2D eigenvalue weighted by Gasteiger charge is 2.19. The van der Waals surface area contributed by atoms with Gasteiger partial charge in [-0.25, -0.2) is 0 Å². The lowest BCUT2D eigenvalue weighted by Gasteiger charge is -2.21. The van der Waals surface area contributed by atoms with E-state index in [1.165, 1.54) is 0 Å². The Bertz CT molecular complexity index is 153. The number of rotatable bonds is 4. The van der Waals surface area contributed by atoms with Gasteiger partial charge in [0.1, 0.15) is 0 Å². The van der Waals surface area contributed by atoms with Crippen LogP contribution in [0.5, 0.6) is 0 Å². The largest absolute Gasteiger partial charge is 0.356 e.